The van der Waals surface area contributed by atoms with E-state index >= 15 is 0 Å². The molecule has 1 aliphatic rings. The van der Waals surface area contributed by atoms with Crippen molar-refractivity contribution in [3.63, 3.8) is 0 Å². The molecule has 1 aliphatic heterocycles. The average molecular weight is 297 g/mol. The maximum Gasteiger partial charge on any atom is 0.159 e. The molecule has 1 aromatic heterocycles. The lowest BCUT2D eigenvalue weighted by Crippen LogP contribution is -2.31. The summed E-state index contributed by atoms with van der Waals surface area (Å²) in [5, 5.41) is 3.34. The predicted molar refractivity (Wildman–Crippen MR) is 91.7 cm³/mol. The number of nitrogens with one attached hydrogen (secondary N) is 1. The van der Waals surface area contributed by atoms with E-state index in [2.05, 4.69) is 52.2 Å². The second kappa shape index (κ2) is 6.22. The van der Waals surface area contributed by atoms with E-state index in [-0.39, 0.29) is 0 Å². The van der Waals surface area contributed by atoms with Crippen molar-refractivity contribution in [2.24, 2.45) is 0 Å². The van der Waals surface area contributed by atoms with Crippen LogP contribution in [0.1, 0.15) is 30.4 Å². The third kappa shape index (κ3) is 2.98. The van der Waals surface area contributed by atoms with Gasteiger partial charge < -0.3 is 16.0 Å². The summed E-state index contributed by atoms with van der Waals surface area (Å²) in [5.74, 6) is 1.53. The van der Waals surface area contributed by atoms with E-state index in [1.165, 1.54) is 30.4 Å². The first-order valence-electron chi connectivity index (χ1n) is 7.85. The van der Waals surface area contributed by atoms with Crippen molar-refractivity contribution in [1.82, 2.24) is 9.97 Å². The van der Waals surface area contributed by atoms with Gasteiger partial charge in [0.15, 0.2) is 11.6 Å². The Bertz CT molecular complexity index is 662. The molecule has 0 bridgehead atoms. The van der Waals surface area contributed by atoms with E-state index in [1.807, 2.05) is 0 Å². The van der Waals surface area contributed by atoms with Crippen LogP contribution in [-0.4, -0.2) is 23.1 Å². The molecule has 0 aliphatic carbocycles. The van der Waals surface area contributed by atoms with Gasteiger partial charge in [-0.3, -0.25) is 0 Å². The number of nitrogen functional groups attached to an aromatic ring is 1. The van der Waals surface area contributed by atoms with Crippen LogP contribution >= 0.6 is 0 Å². The van der Waals surface area contributed by atoms with Crippen molar-refractivity contribution >= 4 is 23.0 Å². The van der Waals surface area contributed by atoms with Gasteiger partial charge in [0.2, 0.25) is 0 Å². The van der Waals surface area contributed by atoms with Crippen molar-refractivity contribution in [2.45, 2.75) is 33.1 Å². The van der Waals surface area contributed by atoms with Crippen LogP contribution in [0.25, 0.3) is 0 Å². The Hall–Kier alpha value is -2.30. The van der Waals surface area contributed by atoms with Gasteiger partial charge in [-0.15, -0.1) is 0 Å². The van der Waals surface area contributed by atoms with Crippen molar-refractivity contribution in [3.05, 3.63) is 35.7 Å². The molecular formula is C17H23N5. The normalized spacial score (nSPS) is 14.9. The molecule has 0 spiro atoms. The minimum atomic E-state index is 0.629. The Morgan fingerprint density at radius 2 is 1.86 bits per heavy atom. The largest absolute Gasteiger partial charge is 0.393 e. The van der Waals surface area contributed by atoms with Crippen molar-refractivity contribution < 1.29 is 0 Å². The van der Waals surface area contributed by atoms with E-state index < -0.39 is 0 Å². The van der Waals surface area contributed by atoms with Crippen molar-refractivity contribution in [3.8, 4) is 0 Å². The number of aryl methyl sites for hydroxylation is 2. The first kappa shape index (κ1) is 14.6. The van der Waals surface area contributed by atoms with Gasteiger partial charge in [0, 0.05) is 18.8 Å². The third-order valence-corrected chi connectivity index (χ3v) is 4.15. The number of hydrogen-bond donors (Lipinski definition) is 2. The number of nitrogens with two attached hydrogens (primary N) is 1. The molecule has 2 aromatic rings. The SMILES string of the molecule is Cc1ccc(Nc2ncnc(N3CCCCC3)c2N)c(C)c1. The Balaban J connectivity index is 1.87. The van der Waals surface area contributed by atoms with Gasteiger partial charge in [-0.1, -0.05) is 17.7 Å². The summed E-state index contributed by atoms with van der Waals surface area (Å²) in [6.45, 7) is 6.21. The molecule has 0 radical (unpaired) electrons. The smallest absolute Gasteiger partial charge is 0.159 e. The second-order valence-corrected chi connectivity index (χ2v) is 5.95. The van der Waals surface area contributed by atoms with Crippen molar-refractivity contribution in [1.29, 1.82) is 0 Å². The summed E-state index contributed by atoms with van der Waals surface area (Å²) in [4.78, 5) is 11.0. The molecule has 3 N–H and O–H groups in total. The standard InChI is InChI=1S/C17H23N5/c1-12-6-7-14(13(2)10-12)21-16-15(18)17(20-11-19-16)22-8-4-3-5-9-22/h6-7,10-11H,3-5,8-9,18H2,1-2H3,(H,19,20,21). The van der Waals surface area contributed by atoms with Gasteiger partial charge in [0.25, 0.3) is 0 Å². The van der Waals surface area contributed by atoms with E-state index in [4.69, 9.17) is 5.73 Å². The van der Waals surface area contributed by atoms with Gasteiger partial charge in [0.05, 0.1) is 0 Å². The Kier molecular flexibility index (Phi) is 4.13. The maximum absolute atomic E-state index is 6.31. The molecule has 116 valence electrons. The van der Waals surface area contributed by atoms with Crippen LogP contribution in [0.5, 0.6) is 0 Å². The Labute approximate surface area is 131 Å². The zero-order valence-electron chi connectivity index (χ0n) is 13.3. The molecule has 3 rings (SSSR count). The Morgan fingerprint density at radius 1 is 1.09 bits per heavy atom. The number of benzene rings is 1. The highest BCUT2D eigenvalue weighted by Crippen LogP contribution is 2.31. The summed E-state index contributed by atoms with van der Waals surface area (Å²) < 4.78 is 0. The van der Waals surface area contributed by atoms with E-state index in [0.717, 1.165) is 24.6 Å². The number of anilines is 4. The molecule has 1 saturated heterocycles. The van der Waals surface area contributed by atoms with Crippen LogP contribution in [0.4, 0.5) is 23.0 Å². The molecule has 2 heterocycles. The van der Waals surface area contributed by atoms with Crippen LogP contribution in [-0.2, 0) is 0 Å². The zero-order valence-corrected chi connectivity index (χ0v) is 13.3. The van der Waals surface area contributed by atoms with Gasteiger partial charge in [-0.05, 0) is 44.7 Å². The topological polar surface area (TPSA) is 67.1 Å². The van der Waals surface area contributed by atoms with Crippen LogP contribution in [0.3, 0.4) is 0 Å². The predicted octanol–water partition coefficient (Wildman–Crippen LogP) is 3.41. The summed E-state index contributed by atoms with van der Waals surface area (Å²) >= 11 is 0. The number of hydrogen-bond acceptors (Lipinski definition) is 5. The lowest BCUT2D eigenvalue weighted by Gasteiger charge is -2.29. The summed E-state index contributed by atoms with van der Waals surface area (Å²) in [5.41, 5.74) is 10.4. The summed E-state index contributed by atoms with van der Waals surface area (Å²) in [6.07, 6.45) is 5.27. The fraction of sp³-hybridized carbons (Fsp3) is 0.412. The van der Waals surface area contributed by atoms with Crippen LogP contribution in [0.2, 0.25) is 0 Å². The molecule has 0 atom stereocenters. The maximum atomic E-state index is 6.31. The summed E-state index contributed by atoms with van der Waals surface area (Å²) in [7, 11) is 0. The molecule has 0 saturated carbocycles. The van der Waals surface area contributed by atoms with Crippen LogP contribution in [0, 0.1) is 13.8 Å². The zero-order chi connectivity index (χ0) is 15.5. The fourth-order valence-corrected chi connectivity index (χ4v) is 2.92. The van der Waals surface area contributed by atoms with Gasteiger partial charge >= 0.3 is 0 Å². The molecule has 1 aromatic carbocycles. The molecule has 5 heteroatoms. The molecule has 0 unspecified atom stereocenters. The molecule has 0 amide bonds. The van der Waals surface area contributed by atoms with Crippen molar-refractivity contribution in [2.75, 3.05) is 29.0 Å². The van der Waals surface area contributed by atoms with Crippen LogP contribution in [0.15, 0.2) is 24.5 Å². The third-order valence-electron chi connectivity index (χ3n) is 4.15. The number of aromatic nitrogens is 2. The first-order valence-corrected chi connectivity index (χ1v) is 7.85. The van der Waals surface area contributed by atoms with E-state index in [9.17, 15) is 0 Å². The molecular weight excluding hydrogens is 274 g/mol. The number of rotatable bonds is 3. The monoisotopic (exact) mass is 297 g/mol. The lowest BCUT2D eigenvalue weighted by molar-refractivity contribution is 0.574. The minimum absolute atomic E-state index is 0.629. The Morgan fingerprint density at radius 3 is 2.59 bits per heavy atom. The highest BCUT2D eigenvalue weighted by molar-refractivity contribution is 5.79. The first-order chi connectivity index (χ1) is 10.6. The van der Waals surface area contributed by atoms with E-state index in [1.54, 1.807) is 6.33 Å². The number of piperidine rings is 1. The van der Waals surface area contributed by atoms with Crippen LogP contribution < -0.4 is 16.0 Å². The lowest BCUT2D eigenvalue weighted by atomic mass is 10.1. The second-order valence-electron chi connectivity index (χ2n) is 5.95. The molecule has 22 heavy (non-hydrogen) atoms. The quantitative estimate of drug-likeness (QED) is 0.908. The molecule has 1 fully saturated rings. The number of nitrogens with zero attached hydrogens (tertiary/aromatic N) is 3. The van der Waals surface area contributed by atoms with E-state index in [0.29, 0.717) is 11.5 Å². The highest BCUT2D eigenvalue weighted by Gasteiger charge is 2.17. The average Bonchev–Trinajstić information content (AvgIpc) is 2.53. The van der Waals surface area contributed by atoms with Gasteiger partial charge in [-0.2, -0.15) is 0 Å². The molecule has 5 nitrogen and oxygen atoms in total. The van der Waals surface area contributed by atoms with Gasteiger partial charge in [0.1, 0.15) is 12.0 Å². The fourth-order valence-electron chi connectivity index (χ4n) is 2.92. The highest BCUT2D eigenvalue weighted by atomic mass is 15.2. The summed E-state index contributed by atoms with van der Waals surface area (Å²) in [6, 6.07) is 6.29. The van der Waals surface area contributed by atoms with Gasteiger partial charge in [-0.25, -0.2) is 9.97 Å². The minimum Gasteiger partial charge on any atom is -0.393 e.